The lowest BCUT2D eigenvalue weighted by Gasteiger charge is -2.32. The summed E-state index contributed by atoms with van der Waals surface area (Å²) in [5.41, 5.74) is 0.712. The molecule has 27 heavy (non-hydrogen) atoms. The van der Waals surface area contributed by atoms with E-state index in [2.05, 4.69) is 5.32 Å². The minimum atomic E-state index is -0.432. The van der Waals surface area contributed by atoms with Crippen LogP contribution < -0.4 is 10.1 Å². The van der Waals surface area contributed by atoms with Crippen molar-refractivity contribution in [2.45, 2.75) is 18.9 Å². The topological polar surface area (TPSA) is 58.6 Å². The lowest BCUT2D eigenvalue weighted by Crippen LogP contribution is -2.46. The second-order valence-corrected chi connectivity index (χ2v) is 6.83. The van der Waals surface area contributed by atoms with Gasteiger partial charge in [-0.1, -0.05) is 17.7 Å². The van der Waals surface area contributed by atoms with Gasteiger partial charge in [0.25, 0.3) is 11.8 Å². The van der Waals surface area contributed by atoms with Crippen LogP contribution in [-0.2, 0) is 0 Å². The molecule has 1 aliphatic rings. The van der Waals surface area contributed by atoms with E-state index in [4.69, 9.17) is 16.3 Å². The quantitative estimate of drug-likeness (QED) is 0.868. The molecule has 0 aromatic heterocycles. The summed E-state index contributed by atoms with van der Waals surface area (Å²) in [5, 5.41) is 3.42. The second kappa shape index (κ2) is 8.39. The van der Waals surface area contributed by atoms with Crippen LogP contribution >= 0.6 is 11.6 Å². The van der Waals surface area contributed by atoms with Crippen LogP contribution in [0.4, 0.5) is 4.39 Å². The van der Waals surface area contributed by atoms with Gasteiger partial charge in [0, 0.05) is 29.7 Å². The summed E-state index contributed by atoms with van der Waals surface area (Å²) in [4.78, 5) is 26.7. The van der Waals surface area contributed by atoms with E-state index in [1.54, 1.807) is 29.2 Å². The monoisotopic (exact) mass is 390 g/mol. The molecule has 0 atom stereocenters. The number of carbonyl (C=O) groups excluding carboxylic acids is 2. The molecule has 1 fully saturated rings. The highest BCUT2D eigenvalue weighted by Crippen LogP contribution is 2.23. The maximum atomic E-state index is 13.3. The number of benzene rings is 2. The van der Waals surface area contributed by atoms with Gasteiger partial charge in [-0.05, 0) is 49.2 Å². The van der Waals surface area contributed by atoms with Gasteiger partial charge in [0.1, 0.15) is 11.6 Å². The normalized spacial score (nSPS) is 14.7. The Morgan fingerprint density at radius 2 is 1.93 bits per heavy atom. The summed E-state index contributed by atoms with van der Waals surface area (Å²) in [5.74, 6) is -0.436. The molecule has 0 bridgehead atoms. The van der Waals surface area contributed by atoms with Crippen LogP contribution in [0.2, 0.25) is 5.02 Å². The predicted molar refractivity (Wildman–Crippen MR) is 101 cm³/mol. The highest BCUT2D eigenvalue weighted by molar-refractivity contribution is 6.31. The first-order valence-electron chi connectivity index (χ1n) is 8.67. The van der Waals surface area contributed by atoms with E-state index in [0.29, 0.717) is 47.8 Å². The molecule has 2 aromatic carbocycles. The largest absolute Gasteiger partial charge is 0.496 e. The molecule has 1 aliphatic heterocycles. The number of likely N-dealkylation sites (tertiary alicyclic amines) is 1. The number of rotatable bonds is 4. The summed E-state index contributed by atoms with van der Waals surface area (Å²) in [6, 6.07) is 10.5. The third kappa shape index (κ3) is 4.57. The zero-order valence-electron chi connectivity index (χ0n) is 14.9. The van der Waals surface area contributed by atoms with Crippen molar-refractivity contribution in [2.75, 3.05) is 20.2 Å². The van der Waals surface area contributed by atoms with Gasteiger partial charge < -0.3 is 15.0 Å². The van der Waals surface area contributed by atoms with E-state index in [-0.39, 0.29) is 17.9 Å². The highest BCUT2D eigenvalue weighted by atomic mass is 35.5. The molecular formula is C20H20ClFN2O3. The Bertz CT molecular complexity index is 851. The molecule has 1 saturated heterocycles. The van der Waals surface area contributed by atoms with Gasteiger partial charge in [0.05, 0.1) is 12.7 Å². The van der Waals surface area contributed by atoms with Gasteiger partial charge in [-0.15, -0.1) is 0 Å². The first-order valence-corrected chi connectivity index (χ1v) is 9.05. The number of ether oxygens (including phenoxy) is 1. The average molecular weight is 391 g/mol. The molecule has 2 aromatic rings. The molecule has 7 heteroatoms. The van der Waals surface area contributed by atoms with Gasteiger partial charge >= 0.3 is 0 Å². The SMILES string of the molecule is COc1ccc(Cl)cc1C(=O)NC1CCN(C(=O)c2cccc(F)c2)CC1. The molecule has 2 amide bonds. The van der Waals surface area contributed by atoms with Crippen LogP contribution in [0.1, 0.15) is 33.6 Å². The number of halogens is 2. The van der Waals surface area contributed by atoms with Crippen molar-refractivity contribution < 1.29 is 18.7 Å². The Kier molecular flexibility index (Phi) is 5.96. The summed E-state index contributed by atoms with van der Waals surface area (Å²) in [6.45, 7) is 0.986. The first kappa shape index (κ1) is 19.2. The van der Waals surface area contributed by atoms with E-state index >= 15 is 0 Å². The fourth-order valence-electron chi connectivity index (χ4n) is 3.15. The van der Waals surface area contributed by atoms with E-state index in [0.717, 1.165) is 0 Å². The zero-order chi connectivity index (χ0) is 19.4. The Labute approximate surface area is 162 Å². The van der Waals surface area contributed by atoms with Crippen LogP contribution in [0.3, 0.4) is 0 Å². The molecule has 0 radical (unpaired) electrons. The molecule has 0 spiro atoms. The van der Waals surface area contributed by atoms with Crippen molar-refractivity contribution in [1.82, 2.24) is 10.2 Å². The van der Waals surface area contributed by atoms with Crippen molar-refractivity contribution in [2.24, 2.45) is 0 Å². The molecule has 1 N–H and O–H groups in total. The average Bonchev–Trinajstić information content (AvgIpc) is 2.68. The summed E-state index contributed by atoms with van der Waals surface area (Å²) in [6.07, 6.45) is 1.24. The predicted octanol–water partition coefficient (Wildman–Crippen LogP) is 3.52. The Hall–Kier alpha value is -2.60. The minimum absolute atomic E-state index is 0.0576. The molecule has 3 rings (SSSR count). The number of nitrogens with one attached hydrogen (secondary N) is 1. The van der Waals surface area contributed by atoms with Crippen LogP contribution in [-0.4, -0.2) is 43.0 Å². The smallest absolute Gasteiger partial charge is 0.255 e. The molecule has 142 valence electrons. The Morgan fingerprint density at radius 3 is 2.59 bits per heavy atom. The lowest BCUT2D eigenvalue weighted by atomic mass is 10.0. The number of piperidine rings is 1. The number of hydrogen-bond donors (Lipinski definition) is 1. The van der Waals surface area contributed by atoms with Gasteiger partial charge in [0.15, 0.2) is 0 Å². The van der Waals surface area contributed by atoms with E-state index < -0.39 is 5.82 Å². The Morgan fingerprint density at radius 1 is 1.19 bits per heavy atom. The van der Waals surface area contributed by atoms with Gasteiger partial charge in [-0.2, -0.15) is 0 Å². The number of hydrogen-bond acceptors (Lipinski definition) is 3. The number of amides is 2. The summed E-state index contributed by atoms with van der Waals surface area (Å²) < 4.78 is 18.5. The maximum absolute atomic E-state index is 13.3. The highest BCUT2D eigenvalue weighted by Gasteiger charge is 2.25. The van der Waals surface area contributed by atoms with Gasteiger partial charge in [0.2, 0.25) is 0 Å². The minimum Gasteiger partial charge on any atom is -0.496 e. The number of nitrogens with zero attached hydrogens (tertiary/aromatic N) is 1. The first-order chi connectivity index (χ1) is 13.0. The molecule has 0 aliphatic carbocycles. The Balaban J connectivity index is 1.59. The molecule has 5 nitrogen and oxygen atoms in total. The summed E-state index contributed by atoms with van der Waals surface area (Å²) >= 11 is 5.98. The number of carbonyl (C=O) groups is 2. The van der Waals surface area contributed by atoms with E-state index in [1.165, 1.54) is 25.3 Å². The molecular weight excluding hydrogens is 371 g/mol. The van der Waals surface area contributed by atoms with Crippen LogP contribution in [0.15, 0.2) is 42.5 Å². The van der Waals surface area contributed by atoms with Crippen molar-refractivity contribution in [3.05, 3.63) is 64.4 Å². The van der Waals surface area contributed by atoms with Crippen LogP contribution in [0, 0.1) is 5.82 Å². The molecule has 1 heterocycles. The second-order valence-electron chi connectivity index (χ2n) is 6.39. The number of methoxy groups -OCH3 is 1. The molecule has 0 unspecified atom stereocenters. The zero-order valence-corrected chi connectivity index (χ0v) is 15.6. The van der Waals surface area contributed by atoms with Gasteiger partial charge in [-0.3, -0.25) is 9.59 Å². The van der Waals surface area contributed by atoms with Crippen molar-refractivity contribution in [1.29, 1.82) is 0 Å². The standard InChI is InChI=1S/C20H20ClFN2O3/c1-27-18-6-5-14(21)12-17(18)19(25)23-16-7-9-24(10-8-16)20(26)13-3-2-4-15(22)11-13/h2-6,11-12,16H,7-10H2,1H3,(H,23,25). The maximum Gasteiger partial charge on any atom is 0.255 e. The van der Waals surface area contributed by atoms with Crippen molar-refractivity contribution in [3.8, 4) is 5.75 Å². The van der Waals surface area contributed by atoms with Crippen molar-refractivity contribution >= 4 is 23.4 Å². The fraction of sp³-hybridized carbons (Fsp3) is 0.300. The molecule has 0 saturated carbocycles. The third-order valence-corrected chi connectivity index (χ3v) is 4.83. The summed E-state index contributed by atoms with van der Waals surface area (Å²) in [7, 11) is 1.50. The fourth-order valence-corrected chi connectivity index (χ4v) is 3.32. The third-order valence-electron chi connectivity index (χ3n) is 4.60. The van der Waals surface area contributed by atoms with Crippen molar-refractivity contribution in [3.63, 3.8) is 0 Å². The van der Waals surface area contributed by atoms with E-state index in [9.17, 15) is 14.0 Å². The van der Waals surface area contributed by atoms with Crippen LogP contribution in [0.25, 0.3) is 0 Å². The van der Waals surface area contributed by atoms with Crippen LogP contribution in [0.5, 0.6) is 5.75 Å². The van der Waals surface area contributed by atoms with Gasteiger partial charge in [-0.25, -0.2) is 4.39 Å². The lowest BCUT2D eigenvalue weighted by molar-refractivity contribution is 0.0697. The van der Waals surface area contributed by atoms with E-state index in [1.807, 2.05) is 0 Å².